The largest absolute Gasteiger partial charge is 0.264 e. The maximum atomic E-state index is 4.40. The summed E-state index contributed by atoms with van der Waals surface area (Å²) in [6.07, 6.45) is 3.58. The van der Waals surface area contributed by atoms with Gasteiger partial charge in [0.15, 0.2) is 0 Å². The molecule has 0 atom stereocenters. The van der Waals surface area contributed by atoms with Crippen LogP contribution in [0.1, 0.15) is 5.01 Å². The van der Waals surface area contributed by atoms with Crippen LogP contribution in [-0.2, 0) is 5.75 Å². The van der Waals surface area contributed by atoms with Gasteiger partial charge in [-0.1, -0.05) is 0 Å². The quantitative estimate of drug-likeness (QED) is 0.768. The van der Waals surface area contributed by atoms with Gasteiger partial charge in [0.2, 0.25) is 0 Å². The second-order valence-electron chi connectivity index (χ2n) is 2.53. The van der Waals surface area contributed by atoms with Crippen molar-refractivity contribution < 1.29 is 0 Å². The number of hydrogen-bond donors (Lipinski definition) is 1. The Labute approximate surface area is 86.1 Å². The highest BCUT2D eigenvalue weighted by molar-refractivity contribution is 7.79. The monoisotopic (exact) mass is 208 g/mol. The summed E-state index contributed by atoms with van der Waals surface area (Å²) >= 11 is 5.80. The van der Waals surface area contributed by atoms with E-state index in [2.05, 4.69) is 22.6 Å². The number of hydrogen-bond acceptors (Lipinski definition) is 4. The van der Waals surface area contributed by atoms with E-state index in [4.69, 9.17) is 0 Å². The van der Waals surface area contributed by atoms with E-state index in [-0.39, 0.29) is 0 Å². The second-order valence-corrected chi connectivity index (χ2v) is 3.79. The molecule has 0 unspecified atom stereocenters. The Morgan fingerprint density at radius 1 is 1.46 bits per heavy atom. The standard InChI is InChI=1S/C9H8N2S2/c12-5-9-11-8(6-13-9)7-2-1-3-10-4-7/h1-4,6,12H,5H2. The summed E-state index contributed by atoms with van der Waals surface area (Å²) in [5, 5.41) is 3.07. The van der Waals surface area contributed by atoms with Crippen molar-refractivity contribution >= 4 is 24.0 Å². The molecule has 0 aliphatic rings. The third-order valence-corrected chi connectivity index (χ3v) is 3.01. The van der Waals surface area contributed by atoms with E-state index in [0.29, 0.717) is 5.75 Å². The van der Waals surface area contributed by atoms with Crippen LogP contribution in [0.2, 0.25) is 0 Å². The average Bonchev–Trinajstić information content (AvgIpc) is 2.67. The fourth-order valence-electron chi connectivity index (χ4n) is 1.03. The lowest BCUT2D eigenvalue weighted by atomic mass is 10.2. The molecular weight excluding hydrogens is 200 g/mol. The highest BCUT2D eigenvalue weighted by Crippen LogP contribution is 2.21. The number of nitrogens with zero attached hydrogens (tertiary/aromatic N) is 2. The highest BCUT2D eigenvalue weighted by Gasteiger charge is 2.02. The molecule has 2 rings (SSSR count). The van der Waals surface area contributed by atoms with E-state index in [0.717, 1.165) is 16.3 Å². The molecule has 2 aromatic heterocycles. The van der Waals surface area contributed by atoms with Crippen molar-refractivity contribution in [1.29, 1.82) is 0 Å². The van der Waals surface area contributed by atoms with Gasteiger partial charge >= 0.3 is 0 Å². The maximum Gasteiger partial charge on any atom is 0.103 e. The topological polar surface area (TPSA) is 25.8 Å². The molecule has 0 aliphatic heterocycles. The number of aromatic nitrogens is 2. The summed E-state index contributed by atoms with van der Waals surface area (Å²) in [7, 11) is 0. The first-order valence-corrected chi connectivity index (χ1v) is 5.37. The van der Waals surface area contributed by atoms with Crippen LogP contribution in [0, 0.1) is 0 Å². The Bertz CT molecular complexity index is 384. The van der Waals surface area contributed by atoms with Gasteiger partial charge in [-0.25, -0.2) is 4.98 Å². The molecule has 0 aromatic carbocycles. The van der Waals surface area contributed by atoms with Crippen molar-refractivity contribution in [3.05, 3.63) is 34.9 Å². The third kappa shape index (κ3) is 1.89. The first kappa shape index (κ1) is 8.72. The molecule has 0 saturated carbocycles. The SMILES string of the molecule is SCc1nc(-c2cccnc2)cs1. The van der Waals surface area contributed by atoms with Gasteiger partial charge < -0.3 is 0 Å². The van der Waals surface area contributed by atoms with Gasteiger partial charge in [-0.05, 0) is 12.1 Å². The summed E-state index contributed by atoms with van der Waals surface area (Å²) in [6.45, 7) is 0. The summed E-state index contributed by atoms with van der Waals surface area (Å²) in [4.78, 5) is 8.44. The van der Waals surface area contributed by atoms with Crippen molar-refractivity contribution in [3.8, 4) is 11.3 Å². The first-order valence-electron chi connectivity index (χ1n) is 3.86. The molecule has 2 heterocycles. The molecule has 4 heteroatoms. The Hall–Kier alpha value is -0.870. The zero-order chi connectivity index (χ0) is 9.10. The molecule has 0 radical (unpaired) electrons. The van der Waals surface area contributed by atoms with Gasteiger partial charge in [-0.2, -0.15) is 12.6 Å². The molecule has 0 aliphatic carbocycles. The number of pyridine rings is 1. The van der Waals surface area contributed by atoms with Crippen LogP contribution < -0.4 is 0 Å². The molecule has 0 bridgehead atoms. The number of thiol groups is 1. The average molecular weight is 208 g/mol. The van der Waals surface area contributed by atoms with Gasteiger partial charge in [-0.15, -0.1) is 11.3 Å². The Kier molecular flexibility index (Phi) is 2.61. The van der Waals surface area contributed by atoms with Crippen LogP contribution in [0.3, 0.4) is 0 Å². The van der Waals surface area contributed by atoms with Gasteiger partial charge in [-0.3, -0.25) is 4.98 Å². The Morgan fingerprint density at radius 3 is 3.00 bits per heavy atom. The van der Waals surface area contributed by atoms with Crippen LogP contribution in [0.15, 0.2) is 29.9 Å². The fourth-order valence-corrected chi connectivity index (χ4v) is 1.99. The zero-order valence-corrected chi connectivity index (χ0v) is 8.55. The highest BCUT2D eigenvalue weighted by atomic mass is 32.1. The van der Waals surface area contributed by atoms with E-state index in [1.165, 1.54) is 0 Å². The van der Waals surface area contributed by atoms with Crippen molar-refractivity contribution in [1.82, 2.24) is 9.97 Å². The molecule has 0 amide bonds. The summed E-state index contributed by atoms with van der Waals surface area (Å²) < 4.78 is 0. The van der Waals surface area contributed by atoms with Crippen LogP contribution in [0.4, 0.5) is 0 Å². The van der Waals surface area contributed by atoms with E-state index in [9.17, 15) is 0 Å². The van der Waals surface area contributed by atoms with Crippen molar-refractivity contribution in [2.75, 3.05) is 0 Å². The van der Waals surface area contributed by atoms with Crippen LogP contribution >= 0.6 is 24.0 Å². The molecular formula is C9H8N2S2. The van der Waals surface area contributed by atoms with E-state index < -0.39 is 0 Å². The normalized spacial score (nSPS) is 10.2. The van der Waals surface area contributed by atoms with E-state index in [1.807, 2.05) is 23.7 Å². The van der Waals surface area contributed by atoms with Crippen molar-refractivity contribution in [2.24, 2.45) is 0 Å². The van der Waals surface area contributed by atoms with Crippen LogP contribution in [-0.4, -0.2) is 9.97 Å². The predicted octanol–water partition coefficient (Wildman–Crippen LogP) is 2.63. The van der Waals surface area contributed by atoms with Gasteiger partial charge in [0, 0.05) is 29.1 Å². The molecule has 0 fully saturated rings. The lowest BCUT2D eigenvalue weighted by molar-refractivity contribution is 1.25. The van der Waals surface area contributed by atoms with Crippen LogP contribution in [0.5, 0.6) is 0 Å². The number of thiazole rings is 1. The molecule has 66 valence electrons. The first-order chi connectivity index (χ1) is 6.40. The van der Waals surface area contributed by atoms with Gasteiger partial charge in [0.1, 0.15) is 5.01 Å². The summed E-state index contributed by atoms with van der Waals surface area (Å²) in [5.41, 5.74) is 2.05. The number of rotatable bonds is 2. The van der Waals surface area contributed by atoms with E-state index >= 15 is 0 Å². The van der Waals surface area contributed by atoms with Crippen molar-refractivity contribution in [3.63, 3.8) is 0 Å². The Morgan fingerprint density at radius 2 is 2.38 bits per heavy atom. The Balaban J connectivity index is 2.36. The van der Waals surface area contributed by atoms with Crippen LogP contribution in [0.25, 0.3) is 11.3 Å². The second kappa shape index (κ2) is 3.89. The zero-order valence-electron chi connectivity index (χ0n) is 6.84. The minimum absolute atomic E-state index is 0.699. The predicted molar refractivity (Wildman–Crippen MR) is 58.0 cm³/mol. The summed E-state index contributed by atoms with van der Waals surface area (Å²) in [5.74, 6) is 0.699. The van der Waals surface area contributed by atoms with Crippen molar-refractivity contribution in [2.45, 2.75) is 5.75 Å². The fraction of sp³-hybridized carbons (Fsp3) is 0.111. The smallest absolute Gasteiger partial charge is 0.103 e. The lowest BCUT2D eigenvalue weighted by Crippen LogP contribution is -1.80. The molecule has 0 saturated heterocycles. The maximum absolute atomic E-state index is 4.40. The minimum Gasteiger partial charge on any atom is -0.264 e. The molecule has 2 aromatic rings. The summed E-state index contributed by atoms with van der Waals surface area (Å²) in [6, 6.07) is 3.92. The molecule has 0 spiro atoms. The molecule has 13 heavy (non-hydrogen) atoms. The molecule has 2 nitrogen and oxygen atoms in total. The van der Waals surface area contributed by atoms with E-state index in [1.54, 1.807) is 17.5 Å². The van der Waals surface area contributed by atoms with Gasteiger partial charge in [0.05, 0.1) is 5.69 Å². The lowest BCUT2D eigenvalue weighted by Gasteiger charge is -1.92. The molecule has 0 N–H and O–H groups in total. The minimum atomic E-state index is 0.699. The third-order valence-electron chi connectivity index (χ3n) is 1.64. The van der Waals surface area contributed by atoms with Gasteiger partial charge in [0.25, 0.3) is 0 Å².